The number of ether oxygens (including phenoxy) is 2. The molecule has 1 aliphatic heterocycles. The molecule has 0 bridgehead atoms. The average Bonchev–Trinajstić information content (AvgIpc) is 2.91. The van der Waals surface area contributed by atoms with Crippen molar-refractivity contribution in [2.75, 3.05) is 40.4 Å². The topological polar surface area (TPSA) is 59.1 Å². The first-order valence-corrected chi connectivity index (χ1v) is 15.0. The van der Waals surface area contributed by atoms with Crippen LogP contribution in [0.1, 0.15) is 104 Å². The van der Waals surface area contributed by atoms with Gasteiger partial charge in [-0.1, -0.05) is 51.0 Å². The first kappa shape index (κ1) is 36.1. The van der Waals surface area contributed by atoms with E-state index in [0.29, 0.717) is 38.1 Å². The second-order valence-corrected chi connectivity index (χ2v) is 10.3. The Morgan fingerprint density at radius 3 is 2.61 bits per heavy atom. The van der Waals surface area contributed by atoms with E-state index < -0.39 is 0 Å². The molecule has 38 heavy (non-hydrogen) atoms. The van der Waals surface area contributed by atoms with Crippen LogP contribution >= 0.6 is 0 Å². The summed E-state index contributed by atoms with van der Waals surface area (Å²) in [5.41, 5.74) is 0. The summed E-state index contributed by atoms with van der Waals surface area (Å²) in [5.74, 6) is -0.151. The molecular formula is C32H58N2O4. The summed E-state index contributed by atoms with van der Waals surface area (Å²) in [6.45, 7) is 14.5. The second kappa shape index (κ2) is 25.4. The van der Waals surface area contributed by atoms with Gasteiger partial charge in [0.1, 0.15) is 13.2 Å². The second-order valence-electron chi connectivity index (χ2n) is 10.3. The summed E-state index contributed by atoms with van der Waals surface area (Å²) in [7, 11) is 4.24. The Balaban J connectivity index is 0.000000724. The molecule has 0 aromatic carbocycles. The molecular weight excluding hydrogens is 476 g/mol. The first-order chi connectivity index (χ1) is 18.4. The van der Waals surface area contributed by atoms with Crippen molar-refractivity contribution in [3.8, 4) is 0 Å². The molecule has 1 heterocycles. The van der Waals surface area contributed by atoms with Crippen LogP contribution < -0.4 is 0 Å². The van der Waals surface area contributed by atoms with Crippen LogP contribution in [-0.2, 0) is 19.1 Å². The number of hydrogen-bond donors (Lipinski definition) is 0. The number of allylic oxidation sites excluding steroid dienone is 4. The van der Waals surface area contributed by atoms with Crippen LogP contribution in [0.5, 0.6) is 0 Å². The van der Waals surface area contributed by atoms with Crippen LogP contribution in [-0.4, -0.2) is 74.2 Å². The molecule has 0 amide bonds. The van der Waals surface area contributed by atoms with Crippen molar-refractivity contribution < 1.29 is 19.1 Å². The van der Waals surface area contributed by atoms with E-state index in [1.54, 1.807) is 0 Å². The van der Waals surface area contributed by atoms with Gasteiger partial charge < -0.3 is 19.3 Å². The molecule has 1 rings (SSSR count). The average molecular weight is 535 g/mol. The summed E-state index contributed by atoms with van der Waals surface area (Å²) in [4.78, 5) is 27.5. The standard InChI is InChI=1S/C17H31NO2.C15H27NO2/c1-5-8-10-13-17(19)20-15-14-18(4)16(11-7-3)12-9-6-2;1-3-9-14-10-7-5-4-6-8-11-15(17)18-13-12-16(14)2/h5-6,16H,1-2,7-15H2,3-4H3;4-5,14H,3,6-13H2,1-2H3. The van der Waals surface area contributed by atoms with Crippen molar-refractivity contribution in [2.24, 2.45) is 0 Å². The number of nitrogens with zero attached hydrogens (tertiary/aromatic N) is 2. The summed E-state index contributed by atoms with van der Waals surface area (Å²) >= 11 is 0. The SMILES string of the molecule is C=CCCCC(=O)OCCN(C)C(CCC)CCC=C.CCCC1CCC=CCCCC(=O)OCCN1C. The van der Waals surface area contributed by atoms with Crippen molar-refractivity contribution in [1.82, 2.24) is 9.80 Å². The quantitative estimate of drug-likeness (QED) is 0.127. The third-order valence-electron chi connectivity index (χ3n) is 6.98. The van der Waals surface area contributed by atoms with Gasteiger partial charge >= 0.3 is 11.9 Å². The van der Waals surface area contributed by atoms with Gasteiger partial charge in [-0.15, -0.1) is 13.2 Å². The van der Waals surface area contributed by atoms with Gasteiger partial charge in [0, 0.05) is 38.0 Å². The lowest BCUT2D eigenvalue weighted by Gasteiger charge is -2.27. The maximum atomic E-state index is 11.5. The molecule has 6 nitrogen and oxygen atoms in total. The summed E-state index contributed by atoms with van der Waals surface area (Å²) in [5, 5.41) is 0. The number of unbranched alkanes of at least 4 members (excludes halogenated alkanes) is 1. The molecule has 0 spiro atoms. The van der Waals surface area contributed by atoms with Crippen LogP contribution in [0.25, 0.3) is 0 Å². The maximum absolute atomic E-state index is 11.5. The van der Waals surface area contributed by atoms with E-state index >= 15 is 0 Å². The lowest BCUT2D eigenvalue weighted by atomic mass is 10.0. The Bertz CT molecular complexity index is 649. The van der Waals surface area contributed by atoms with E-state index in [9.17, 15) is 9.59 Å². The molecule has 0 aromatic rings. The highest BCUT2D eigenvalue weighted by Crippen LogP contribution is 2.14. The fraction of sp³-hybridized carbons (Fsp3) is 0.750. The lowest BCUT2D eigenvalue weighted by Crippen LogP contribution is -2.34. The van der Waals surface area contributed by atoms with Crippen molar-refractivity contribution in [3.63, 3.8) is 0 Å². The normalized spacial score (nSPS) is 18.1. The molecule has 0 radical (unpaired) electrons. The zero-order valence-corrected chi connectivity index (χ0v) is 25.1. The van der Waals surface area contributed by atoms with E-state index in [0.717, 1.165) is 58.0 Å². The molecule has 2 unspecified atom stereocenters. The van der Waals surface area contributed by atoms with Gasteiger partial charge in [0.2, 0.25) is 0 Å². The molecule has 1 aliphatic rings. The summed E-state index contributed by atoms with van der Waals surface area (Å²) < 4.78 is 10.5. The van der Waals surface area contributed by atoms with Crippen molar-refractivity contribution in [1.29, 1.82) is 0 Å². The van der Waals surface area contributed by atoms with Gasteiger partial charge in [-0.05, 0) is 78.3 Å². The lowest BCUT2D eigenvalue weighted by molar-refractivity contribution is -0.145. The Labute approximate surface area is 234 Å². The number of carbonyl (C=O) groups excluding carboxylic acids is 2. The van der Waals surface area contributed by atoms with E-state index in [-0.39, 0.29) is 11.9 Å². The van der Waals surface area contributed by atoms with Crippen molar-refractivity contribution >= 4 is 11.9 Å². The minimum absolute atomic E-state index is 0.0527. The van der Waals surface area contributed by atoms with E-state index in [2.05, 4.69) is 63.1 Å². The van der Waals surface area contributed by atoms with E-state index in [1.807, 2.05) is 12.2 Å². The largest absolute Gasteiger partial charge is 0.464 e. The van der Waals surface area contributed by atoms with Gasteiger partial charge in [-0.3, -0.25) is 9.59 Å². The molecule has 0 N–H and O–H groups in total. The van der Waals surface area contributed by atoms with Crippen molar-refractivity contribution in [3.05, 3.63) is 37.5 Å². The number of rotatable bonds is 15. The third kappa shape index (κ3) is 20.1. The molecule has 0 aliphatic carbocycles. The number of carbonyl (C=O) groups is 2. The number of likely N-dealkylation sites (N-methyl/N-ethyl adjacent to an activating group) is 2. The smallest absolute Gasteiger partial charge is 0.305 e. The molecule has 220 valence electrons. The van der Waals surface area contributed by atoms with Gasteiger partial charge in [0.25, 0.3) is 0 Å². The molecule has 2 atom stereocenters. The fourth-order valence-corrected chi connectivity index (χ4v) is 4.54. The number of esters is 2. The van der Waals surface area contributed by atoms with E-state index in [1.165, 1.54) is 32.1 Å². The molecule has 6 heteroatoms. The molecule has 0 saturated carbocycles. The highest BCUT2D eigenvalue weighted by Gasteiger charge is 2.15. The number of hydrogen-bond acceptors (Lipinski definition) is 6. The molecule has 0 saturated heterocycles. The predicted octanol–water partition coefficient (Wildman–Crippen LogP) is 7.10. The van der Waals surface area contributed by atoms with Crippen LogP contribution in [0.4, 0.5) is 0 Å². The van der Waals surface area contributed by atoms with Gasteiger partial charge in [0.05, 0.1) is 0 Å². The van der Waals surface area contributed by atoms with Crippen LogP contribution in [0, 0.1) is 0 Å². The van der Waals surface area contributed by atoms with Crippen molar-refractivity contribution in [2.45, 2.75) is 116 Å². The zero-order valence-electron chi connectivity index (χ0n) is 25.1. The molecule has 0 fully saturated rings. The Hall–Kier alpha value is -1.92. The maximum Gasteiger partial charge on any atom is 0.305 e. The monoisotopic (exact) mass is 534 g/mol. The Kier molecular flexibility index (Phi) is 24.1. The number of cyclic esters (lactones) is 1. The van der Waals surface area contributed by atoms with Crippen LogP contribution in [0.3, 0.4) is 0 Å². The minimum atomic E-state index is -0.0987. The van der Waals surface area contributed by atoms with Gasteiger partial charge in [-0.25, -0.2) is 0 Å². The third-order valence-corrected chi connectivity index (χ3v) is 6.98. The highest BCUT2D eigenvalue weighted by molar-refractivity contribution is 5.69. The minimum Gasteiger partial charge on any atom is -0.464 e. The summed E-state index contributed by atoms with van der Waals surface area (Å²) in [6.07, 6.45) is 22.2. The van der Waals surface area contributed by atoms with Crippen LogP contribution in [0.15, 0.2) is 37.5 Å². The fourth-order valence-electron chi connectivity index (χ4n) is 4.54. The zero-order chi connectivity index (χ0) is 28.4. The first-order valence-electron chi connectivity index (χ1n) is 15.0. The van der Waals surface area contributed by atoms with Gasteiger partial charge in [0.15, 0.2) is 0 Å². The summed E-state index contributed by atoms with van der Waals surface area (Å²) in [6, 6.07) is 1.16. The Morgan fingerprint density at radius 1 is 1.18 bits per heavy atom. The highest BCUT2D eigenvalue weighted by atomic mass is 16.5. The van der Waals surface area contributed by atoms with E-state index in [4.69, 9.17) is 9.47 Å². The van der Waals surface area contributed by atoms with Crippen LogP contribution in [0.2, 0.25) is 0 Å². The Morgan fingerprint density at radius 2 is 1.92 bits per heavy atom. The molecule has 0 aromatic heterocycles. The predicted molar refractivity (Wildman–Crippen MR) is 160 cm³/mol. The van der Waals surface area contributed by atoms with Gasteiger partial charge in [-0.2, -0.15) is 0 Å².